The molecule has 0 aromatic carbocycles. The van der Waals surface area contributed by atoms with Crippen molar-refractivity contribution in [2.45, 2.75) is 13.3 Å². The van der Waals surface area contributed by atoms with Crippen LogP contribution in [0.15, 0.2) is 18.7 Å². The summed E-state index contributed by atoms with van der Waals surface area (Å²) in [6.07, 6.45) is 2.14. The maximum Gasteiger partial charge on any atom is 0.349 e. The third-order valence-electron chi connectivity index (χ3n) is 2.31. The van der Waals surface area contributed by atoms with Crippen LogP contribution in [0, 0.1) is 0 Å². The highest BCUT2D eigenvalue weighted by molar-refractivity contribution is 7.14. The number of rotatable bonds is 7. The summed E-state index contributed by atoms with van der Waals surface area (Å²) in [6.45, 7) is 5.09. The first-order valence-electron chi connectivity index (χ1n) is 6.15. The molecule has 1 rings (SSSR count). The number of imide groups is 1. The van der Waals surface area contributed by atoms with Gasteiger partial charge in [-0.15, -0.1) is 17.9 Å². The zero-order valence-electron chi connectivity index (χ0n) is 11.5. The lowest BCUT2D eigenvalue weighted by Gasteiger charge is -2.06. The van der Waals surface area contributed by atoms with E-state index in [1.165, 1.54) is 6.08 Å². The first-order chi connectivity index (χ1) is 9.97. The molecule has 0 spiro atoms. The van der Waals surface area contributed by atoms with Gasteiger partial charge in [0.1, 0.15) is 5.75 Å². The lowest BCUT2D eigenvalue weighted by atomic mass is 10.3. The molecule has 21 heavy (non-hydrogen) atoms. The highest BCUT2D eigenvalue weighted by Gasteiger charge is 2.17. The molecule has 1 aromatic rings. The fraction of sp³-hybridized carbons (Fsp3) is 0.308. The number of thiophene rings is 1. The summed E-state index contributed by atoms with van der Waals surface area (Å²) in [4.78, 5) is 34.6. The number of urea groups is 1. The van der Waals surface area contributed by atoms with Crippen LogP contribution in [0.3, 0.4) is 0 Å². The van der Waals surface area contributed by atoms with E-state index in [2.05, 4.69) is 11.9 Å². The average molecular weight is 312 g/mol. The minimum atomic E-state index is -1.11. The van der Waals surface area contributed by atoms with Gasteiger partial charge in [-0.2, -0.15) is 0 Å². The zero-order chi connectivity index (χ0) is 15.8. The maximum atomic E-state index is 11.5. The normalized spacial score (nSPS) is 9.76. The molecule has 0 radical (unpaired) electrons. The molecule has 0 saturated carbocycles. The van der Waals surface area contributed by atoms with Crippen LogP contribution in [0.1, 0.15) is 21.5 Å². The minimum absolute atomic E-state index is 0.0377. The van der Waals surface area contributed by atoms with Gasteiger partial charge in [0.15, 0.2) is 11.5 Å². The summed E-state index contributed by atoms with van der Waals surface area (Å²) in [5, 5.41) is 13.5. The Bertz CT molecular complexity index is 553. The van der Waals surface area contributed by atoms with E-state index in [0.717, 1.165) is 16.2 Å². The number of nitrogens with one attached hydrogen (secondary N) is 2. The van der Waals surface area contributed by atoms with Crippen molar-refractivity contribution in [2.75, 3.05) is 13.2 Å². The van der Waals surface area contributed by atoms with Gasteiger partial charge >= 0.3 is 12.0 Å². The Kier molecular flexibility index (Phi) is 6.41. The zero-order valence-corrected chi connectivity index (χ0v) is 12.3. The molecule has 0 unspecified atom stereocenters. The van der Waals surface area contributed by atoms with Crippen molar-refractivity contribution in [3.63, 3.8) is 0 Å². The van der Waals surface area contributed by atoms with E-state index in [1.807, 2.05) is 12.2 Å². The van der Waals surface area contributed by atoms with Gasteiger partial charge in [-0.25, -0.2) is 9.59 Å². The minimum Gasteiger partial charge on any atom is -0.482 e. The Labute approximate surface area is 125 Å². The number of aryl methyl sites for hydroxylation is 1. The largest absolute Gasteiger partial charge is 0.482 e. The number of amides is 3. The summed E-state index contributed by atoms with van der Waals surface area (Å²) in [7, 11) is 0. The molecule has 0 aliphatic carbocycles. The second-order valence-electron chi connectivity index (χ2n) is 3.90. The van der Waals surface area contributed by atoms with E-state index in [-0.39, 0.29) is 17.2 Å². The standard InChI is InChI=1S/C13H16N2O5S/c1-3-5-14-13(19)15-10(16)7-20-9-6-8(4-2)21-11(9)12(17)18/h3,6H,1,4-5,7H2,2H3,(H,17,18)(H2,14,15,16,19). The first-order valence-corrected chi connectivity index (χ1v) is 6.97. The summed E-state index contributed by atoms with van der Waals surface area (Å²) in [5.74, 6) is -1.65. The number of hydrogen-bond donors (Lipinski definition) is 3. The van der Waals surface area contributed by atoms with Crippen molar-refractivity contribution in [3.05, 3.63) is 28.5 Å². The van der Waals surface area contributed by atoms with Crippen molar-refractivity contribution in [3.8, 4) is 5.75 Å². The Morgan fingerprint density at radius 1 is 1.48 bits per heavy atom. The number of carbonyl (C=O) groups excluding carboxylic acids is 2. The summed E-state index contributed by atoms with van der Waals surface area (Å²) < 4.78 is 5.17. The van der Waals surface area contributed by atoms with E-state index < -0.39 is 24.5 Å². The van der Waals surface area contributed by atoms with E-state index in [1.54, 1.807) is 6.07 Å². The van der Waals surface area contributed by atoms with Crippen LogP contribution in [-0.4, -0.2) is 36.2 Å². The van der Waals surface area contributed by atoms with Gasteiger partial charge in [0.05, 0.1) is 0 Å². The van der Waals surface area contributed by atoms with Crippen molar-refractivity contribution in [1.29, 1.82) is 0 Å². The van der Waals surface area contributed by atoms with Gasteiger partial charge in [0.2, 0.25) is 0 Å². The molecule has 0 atom stereocenters. The number of carboxylic acid groups (broad SMARTS) is 1. The van der Waals surface area contributed by atoms with E-state index in [9.17, 15) is 14.4 Å². The molecule has 0 aliphatic rings. The van der Waals surface area contributed by atoms with E-state index in [0.29, 0.717) is 6.42 Å². The van der Waals surface area contributed by atoms with Gasteiger partial charge in [0.25, 0.3) is 5.91 Å². The van der Waals surface area contributed by atoms with Crippen molar-refractivity contribution in [2.24, 2.45) is 0 Å². The molecule has 114 valence electrons. The second kappa shape index (κ2) is 8.05. The predicted molar refractivity (Wildman–Crippen MR) is 77.9 cm³/mol. The molecule has 8 heteroatoms. The van der Waals surface area contributed by atoms with Crippen LogP contribution >= 0.6 is 11.3 Å². The average Bonchev–Trinajstić information content (AvgIpc) is 2.86. The molecule has 0 aliphatic heterocycles. The van der Waals surface area contributed by atoms with Gasteiger partial charge in [-0.05, 0) is 12.5 Å². The number of aromatic carboxylic acids is 1. The van der Waals surface area contributed by atoms with Crippen molar-refractivity contribution in [1.82, 2.24) is 10.6 Å². The van der Waals surface area contributed by atoms with Gasteiger partial charge in [-0.3, -0.25) is 10.1 Å². The first kappa shape index (κ1) is 16.7. The SMILES string of the molecule is C=CCNC(=O)NC(=O)COc1cc(CC)sc1C(=O)O. The lowest BCUT2D eigenvalue weighted by Crippen LogP contribution is -2.41. The molecule has 3 amide bonds. The van der Waals surface area contributed by atoms with Gasteiger partial charge in [0, 0.05) is 11.4 Å². The maximum absolute atomic E-state index is 11.5. The molecule has 0 fully saturated rings. The van der Waals surface area contributed by atoms with Gasteiger partial charge < -0.3 is 15.2 Å². The molecular weight excluding hydrogens is 296 g/mol. The van der Waals surface area contributed by atoms with Crippen LogP contribution in [-0.2, 0) is 11.2 Å². The Morgan fingerprint density at radius 3 is 2.76 bits per heavy atom. The summed E-state index contributed by atoms with van der Waals surface area (Å²) in [6, 6.07) is 0.917. The summed E-state index contributed by atoms with van der Waals surface area (Å²) in [5.41, 5.74) is 0. The Hall–Kier alpha value is -2.35. The number of carboxylic acids is 1. The molecule has 0 saturated heterocycles. The number of carbonyl (C=O) groups is 3. The third kappa shape index (κ3) is 5.27. The third-order valence-corrected chi connectivity index (χ3v) is 3.56. The van der Waals surface area contributed by atoms with Crippen LogP contribution < -0.4 is 15.4 Å². The lowest BCUT2D eigenvalue weighted by molar-refractivity contribution is -0.122. The topological polar surface area (TPSA) is 105 Å². The molecule has 1 aromatic heterocycles. The number of ether oxygens (including phenoxy) is 1. The number of hydrogen-bond acceptors (Lipinski definition) is 5. The monoisotopic (exact) mass is 312 g/mol. The molecule has 7 nitrogen and oxygen atoms in total. The molecule has 1 heterocycles. The second-order valence-corrected chi connectivity index (χ2v) is 5.04. The quantitative estimate of drug-likeness (QED) is 0.660. The fourth-order valence-corrected chi connectivity index (χ4v) is 2.25. The molecule has 0 bridgehead atoms. The van der Waals surface area contributed by atoms with E-state index >= 15 is 0 Å². The smallest absolute Gasteiger partial charge is 0.349 e. The van der Waals surface area contributed by atoms with Crippen LogP contribution in [0.2, 0.25) is 0 Å². The van der Waals surface area contributed by atoms with E-state index in [4.69, 9.17) is 9.84 Å². The fourth-order valence-electron chi connectivity index (χ4n) is 1.37. The van der Waals surface area contributed by atoms with Crippen LogP contribution in [0.5, 0.6) is 5.75 Å². The highest BCUT2D eigenvalue weighted by atomic mass is 32.1. The highest BCUT2D eigenvalue weighted by Crippen LogP contribution is 2.29. The predicted octanol–water partition coefficient (Wildman–Crippen LogP) is 1.40. The van der Waals surface area contributed by atoms with Crippen LogP contribution in [0.25, 0.3) is 0 Å². The Balaban J connectivity index is 2.56. The van der Waals surface area contributed by atoms with Crippen molar-refractivity contribution < 1.29 is 24.2 Å². The molecule has 3 N–H and O–H groups in total. The Morgan fingerprint density at radius 2 is 2.19 bits per heavy atom. The molecular formula is C13H16N2O5S. The van der Waals surface area contributed by atoms with Gasteiger partial charge in [-0.1, -0.05) is 13.0 Å². The summed E-state index contributed by atoms with van der Waals surface area (Å²) >= 11 is 1.10. The van der Waals surface area contributed by atoms with Crippen molar-refractivity contribution >= 4 is 29.2 Å². The van der Waals surface area contributed by atoms with Crippen LogP contribution in [0.4, 0.5) is 4.79 Å².